The van der Waals surface area contributed by atoms with Gasteiger partial charge >= 0.3 is 5.97 Å². The van der Waals surface area contributed by atoms with Gasteiger partial charge in [0.05, 0.1) is 24.4 Å². The van der Waals surface area contributed by atoms with Crippen LogP contribution < -0.4 is 0 Å². The van der Waals surface area contributed by atoms with E-state index in [1.807, 2.05) is 0 Å². The summed E-state index contributed by atoms with van der Waals surface area (Å²) in [5.41, 5.74) is 0. The van der Waals surface area contributed by atoms with Crippen LogP contribution in [0.1, 0.15) is 96.8 Å². The van der Waals surface area contributed by atoms with Crippen LogP contribution in [0, 0.1) is 0 Å². The highest BCUT2D eigenvalue weighted by molar-refractivity contribution is 5.66. The Morgan fingerprint density at radius 1 is 0.750 bits per heavy atom. The SMILES string of the molecule is CCCCCCCCCC1OC1CC=CCC1OC1CC=CCCCC(=O)O. The van der Waals surface area contributed by atoms with E-state index in [0.29, 0.717) is 30.8 Å². The van der Waals surface area contributed by atoms with Gasteiger partial charge in [-0.2, -0.15) is 0 Å². The highest BCUT2D eigenvalue weighted by Crippen LogP contribution is 2.32. The lowest BCUT2D eigenvalue weighted by molar-refractivity contribution is -0.137. The standard InChI is InChI=1S/C24H40O4/c1-2-3-4-5-6-7-10-15-20-22(27-20)17-13-14-18-23-21(28-23)16-11-8-9-12-19-24(25)26/h8,11,13-14,20-23H,2-7,9-10,12,15-19H2,1H3,(H,25,26). The van der Waals surface area contributed by atoms with Crippen LogP contribution in [-0.4, -0.2) is 35.5 Å². The quantitative estimate of drug-likeness (QED) is 0.171. The van der Waals surface area contributed by atoms with Crippen molar-refractivity contribution in [3.05, 3.63) is 24.3 Å². The van der Waals surface area contributed by atoms with Gasteiger partial charge in [0, 0.05) is 6.42 Å². The first-order chi connectivity index (χ1) is 13.7. The van der Waals surface area contributed by atoms with Crippen molar-refractivity contribution in [3.63, 3.8) is 0 Å². The first kappa shape index (κ1) is 23.2. The number of epoxide rings is 2. The van der Waals surface area contributed by atoms with Gasteiger partial charge in [-0.05, 0) is 38.5 Å². The van der Waals surface area contributed by atoms with Crippen molar-refractivity contribution in [2.24, 2.45) is 0 Å². The molecule has 0 aliphatic carbocycles. The fraction of sp³-hybridized carbons (Fsp3) is 0.792. The topological polar surface area (TPSA) is 62.4 Å². The molecule has 0 spiro atoms. The summed E-state index contributed by atoms with van der Waals surface area (Å²) in [6.07, 6.45) is 26.0. The van der Waals surface area contributed by atoms with E-state index in [4.69, 9.17) is 14.6 Å². The number of hydrogen-bond acceptors (Lipinski definition) is 3. The number of unbranched alkanes of at least 4 members (excludes halogenated alkanes) is 7. The Bertz CT molecular complexity index is 485. The molecule has 0 radical (unpaired) electrons. The van der Waals surface area contributed by atoms with Crippen LogP contribution in [0.3, 0.4) is 0 Å². The Hall–Kier alpha value is -1.13. The van der Waals surface area contributed by atoms with Gasteiger partial charge < -0.3 is 14.6 Å². The fourth-order valence-electron chi connectivity index (χ4n) is 3.72. The molecule has 0 saturated carbocycles. The molecule has 0 aromatic rings. The fourth-order valence-corrected chi connectivity index (χ4v) is 3.72. The summed E-state index contributed by atoms with van der Waals surface area (Å²) in [5, 5.41) is 8.58. The molecule has 28 heavy (non-hydrogen) atoms. The van der Waals surface area contributed by atoms with E-state index >= 15 is 0 Å². The van der Waals surface area contributed by atoms with E-state index in [9.17, 15) is 4.79 Å². The minimum atomic E-state index is -0.716. The Morgan fingerprint density at radius 2 is 1.29 bits per heavy atom. The van der Waals surface area contributed by atoms with Gasteiger partial charge in [-0.25, -0.2) is 0 Å². The lowest BCUT2D eigenvalue weighted by Gasteiger charge is -1.99. The highest BCUT2D eigenvalue weighted by atomic mass is 16.6. The molecule has 2 saturated heterocycles. The summed E-state index contributed by atoms with van der Waals surface area (Å²) in [6.45, 7) is 2.27. The van der Waals surface area contributed by atoms with Crippen molar-refractivity contribution in [2.75, 3.05) is 0 Å². The molecule has 2 heterocycles. The Labute approximate surface area is 171 Å². The van der Waals surface area contributed by atoms with Crippen LogP contribution in [-0.2, 0) is 14.3 Å². The van der Waals surface area contributed by atoms with Gasteiger partial charge in [0.15, 0.2) is 0 Å². The van der Waals surface area contributed by atoms with Crippen LogP contribution >= 0.6 is 0 Å². The lowest BCUT2D eigenvalue weighted by Crippen LogP contribution is -1.94. The molecule has 0 amide bonds. The van der Waals surface area contributed by atoms with E-state index in [0.717, 1.165) is 25.7 Å². The van der Waals surface area contributed by atoms with Crippen molar-refractivity contribution < 1.29 is 19.4 Å². The van der Waals surface area contributed by atoms with Crippen molar-refractivity contribution in [2.45, 2.75) is 121 Å². The molecule has 4 unspecified atom stereocenters. The predicted molar refractivity (Wildman–Crippen MR) is 114 cm³/mol. The zero-order valence-electron chi connectivity index (χ0n) is 17.7. The number of aliphatic carboxylic acids is 1. The number of carboxylic acids is 1. The van der Waals surface area contributed by atoms with E-state index in [2.05, 4.69) is 31.2 Å². The summed E-state index contributed by atoms with van der Waals surface area (Å²) in [4.78, 5) is 10.4. The second-order valence-corrected chi connectivity index (χ2v) is 8.27. The summed E-state index contributed by atoms with van der Waals surface area (Å²) >= 11 is 0. The van der Waals surface area contributed by atoms with Crippen molar-refractivity contribution >= 4 is 5.97 Å². The Kier molecular flexibility index (Phi) is 11.5. The minimum Gasteiger partial charge on any atom is -0.481 e. The molecule has 2 fully saturated rings. The maximum absolute atomic E-state index is 10.4. The molecular formula is C24H40O4. The number of carbonyl (C=O) groups is 1. The zero-order valence-corrected chi connectivity index (χ0v) is 17.7. The minimum absolute atomic E-state index is 0.252. The van der Waals surface area contributed by atoms with Crippen LogP contribution in [0.15, 0.2) is 24.3 Å². The molecule has 0 aromatic heterocycles. The van der Waals surface area contributed by atoms with Crippen LogP contribution in [0.5, 0.6) is 0 Å². The molecule has 0 bridgehead atoms. The maximum Gasteiger partial charge on any atom is 0.303 e. The lowest BCUT2D eigenvalue weighted by atomic mass is 10.1. The largest absolute Gasteiger partial charge is 0.481 e. The van der Waals surface area contributed by atoms with E-state index < -0.39 is 5.97 Å². The number of rotatable bonds is 18. The third kappa shape index (κ3) is 11.0. The molecular weight excluding hydrogens is 352 g/mol. The average molecular weight is 393 g/mol. The van der Waals surface area contributed by atoms with Gasteiger partial charge in [-0.1, -0.05) is 76.2 Å². The predicted octanol–water partition coefficient (Wildman–Crippen LogP) is 6.20. The van der Waals surface area contributed by atoms with Crippen LogP contribution in [0.4, 0.5) is 0 Å². The number of allylic oxidation sites excluding steroid dienone is 1. The molecule has 2 rings (SSSR count). The maximum atomic E-state index is 10.4. The van der Waals surface area contributed by atoms with Crippen LogP contribution in [0.2, 0.25) is 0 Å². The van der Waals surface area contributed by atoms with Gasteiger partial charge in [0.1, 0.15) is 0 Å². The Morgan fingerprint density at radius 3 is 1.93 bits per heavy atom. The first-order valence-electron chi connectivity index (χ1n) is 11.5. The van der Waals surface area contributed by atoms with Gasteiger partial charge in [-0.15, -0.1) is 0 Å². The number of carboxylic acid groups (broad SMARTS) is 1. The van der Waals surface area contributed by atoms with Gasteiger partial charge in [0.2, 0.25) is 0 Å². The molecule has 4 atom stereocenters. The van der Waals surface area contributed by atoms with E-state index in [-0.39, 0.29) is 6.42 Å². The third-order valence-corrected chi connectivity index (χ3v) is 5.67. The molecule has 4 heteroatoms. The summed E-state index contributed by atoms with van der Waals surface area (Å²) in [5.74, 6) is -0.716. The second-order valence-electron chi connectivity index (χ2n) is 8.27. The molecule has 160 valence electrons. The average Bonchev–Trinajstić information content (AvgIpc) is 3.58. The Balaban J connectivity index is 1.37. The van der Waals surface area contributed by atoms with Crippen molar-refractivity contribution in [1.82, 2.24) is 0 Å². The zero-order chi connectivity index (χ0) is 20.0. The monoisotopic (exact) mass is 392 g/mol. The second kappa shape index (κ2) is 13.9. The van der Waals surface area contributed by atoms with Gasteiger partial charge in [-0.3, -0.25) is 4.79 Å². The third-order valence-electron chi connectivity index (χ3n) is 5.67. The van der Waals surface area contributed by atoms with Crippen molar-refractivity contribution in [1.29, 1.82) is 0 Å². The van der Waals surface area contributed by atoms with E-state index in [1.54, 1.807) is 0 Å². The molecule has 1 N–H and O–H groups in total. The molecule has 4 nitrogen and oxygen atoms in total. The molecule has 0 aromatic carbocycles. The highest BCUT2D eigenvalue weighted by Gasteiger charge is 2.37. The normalized spacial score (nSPS) is 26.3. The number of ether oxygens (including phenoxy) is 2. The van der Waals surface area contributed by atoms with Crippen molar-refractivity contribution in [3.8, 4) is 0 Å². The smallest absolute Gasteiger partial charge is 0.303 e. The summed E-state index contributed by atoms with van der Waals surface area (Å²) < 4.78 is 11.5. The summed E-state index contributed by atoms with van der Waals surface area (Å²) in [6, 6.07) is 0. The summed E-state index contributed by atoms with van der Waals surface area (Å²) in [7, 11) is 0. The molecule has 2 aliphatic heterocycles. The number of hydrogen-bond donors (Lipinski definition) is 1. The first-order valence-corrected chi connectivity index (χ1v) is 11.5. The molecule has 2 aliphatic rings. The van der Waals surface area contributed by atoms with Gasteiger partial charge in [0.25, 0.3) is 0 Å². The van der Waals surface area contributed by atoms with E-state index in [1.165, 1.54) is 51.4 Å². The van der Waals surface area contributed by atoms with Crippen LogP contribution in [0.25, 0.3) is 0 Å².